The molecule has 0 spiro atoms. The van der Waals surface area contributed by atoms with Crippen LogP contribution in [0, 0.1) is 0 Å². The Morgan fingerprint density at radius 1 is 1.14 bits per heavy atom. The van der Waals surface area contributed by atoms with E-state index in [0.717, 1.165) is 18.5 Å². The van der Waals surface area contributed by atoms with Crippen LogP contribution < -0.4 is 14.8 Å². The van der Waals surface area contributed by atoms with Gasteiger partial charge in [0, 0.05) is 25.0 Å². The molecule has 22 heavy (non-hydrogen) atoms. The molecule has 0 unspecified atom stereocenters. The van der Waals surface area contributed by atoms with Gasteiger partial charge in [-0.1, -0.05) is 13.3 Å². The Morgan fingerprint density at radius 3 is 2.36 bits per heavy atom. The molecule has 0 saturated carbocycles. The van der Waals surface area contributed by atoms with Crippen LogP contribution in [0.5, 0.6) is 11.5 Å². The minimum atomic E-state index is -0.113. The van der Waals surface area contributed by atoms with Crippen molar-refractivity contribution in [1.29, 1.82) is 0 Å². The predicted octanol–water partition coefficient (Wildman–Crippen LogP) is 3.02. The summed E-state index contributed by atoms with van der Waals surface area (Å²) >= 11 is 0. The zero-order valence-corrected chi connectivity index (χ0v) is 13.3. The van der Waals surface area contributed by atoms with Crippen LogP contribution in [0.2, 0.25) is 0 Å². The van der Waals surface area contributed by atoms with Crippen molar-refractivity contribution >= 4 is 5.91 Å². The predicted molar refractivity (Wildman–Crippen MR) is 86.1 cm³/mol. The van der Waals surface area contributed by atoms with Gasteiger partial charge in [0.25, 0.3) is 5.91 Å². The van der Waals surface area contributed by atoms with Gasteiger partial charge in [-0.2, -0.15) is 0 Å². The molecular formula is C17H22N2O3. The van der Waals surface area contributed by atoms with Gasteiger partial charge in [-0.3, -0.25) is 4.79 Å². The second-order valence-electron chi connectivity index (χ2n) is 4.92. The summed E-state index contributed by atoms with van der Waals surface area (Å²) in [7, 11) is 3.14. The van der Waals surface area contributed by atoms with Crippen molar-refractivity contribution in [3.63, 3.8) is 0 Å². The van der Waals surface area contributed by atoms with Crippen LogP contribution in [-0.2, 0) is 0 Å². The van der Waals surface area contributed by atoms with Gasteiger partial charge in [-0.25, -0.2) is 0 Å². The summed E-state index contributed by atoms with van der Waals surface area (Å²) < 4.78 is 12.5. The number of benzene rings is 1. The number of methoxy groups -OCH3 is 2. The summed E-state index contributed by atoms with van der Waals surface area (Å²) in [6.45, 7) is 2.75. The number of hydrogen-bond donors (Lipinski definition) is 1. The van der Waals surface area contributed by atoms with Crippen molar-refractivity contribution < 1.29 is 14.3 Å². The molecule has 2 rings (SSSR count). The minimum Gasteiger partial charge on any atom is -0.493 e. The molecule has 0 saturated heterocycles. The SMILES string of the molecule is CCCCNC(=O)c1cc(OC)c(OC)cc1-n1cccc1. The van der Waals surface area contributed by atoms with Crippen LogP contribution in [0.15, 0.2) is 36.7 Å². The molecule has 0 aliphatic carbocycles. The van der Waals surface area contributed by atoms with E-state index in [-0.39, 0.29) is 5.91 Å². The van der Waals surface area contributed by atoms with Crippen molar-refractivity contribution in [2.24, 2.45) is 0 Å². The fourth-order valence-corrected chi connectivity index (χ4v) is 2.23. The van der Waals surface area contributed by atoms with Gasteiger partial charge in [0.15, 0.2) is 11.5 Å². The molecule has 5 heteroatoms. The average Bonchev–Trinajstić information content (AvgIpc) is 3.07. The molecule has 1 aromatic carbocycles. The lowest BCUT2D eigenvalue weighted by Crippen LogP contribution is -2.25. The molecule has 0 aliphatic rings. The first-order valence-corrected chi connectivity index (χ1v) is 7.38. The van der Waals surface area contributed by atoms with Gasteiger partial charge < -0.3 is 19.4 Å². The van der Waals surface area contributed by atoms with Crippen LogP contribution in [0.25, 0.3) is 5.69 Å². The molecular weight excluding hydrogens is 280 g/mol. The van der Waals surface area contributed by atoms with Crippen LogP contribution in [0.1, 0.15) is 30.1 Å². The summed E-state index contributed by atoms with van der Waals surface area (Å²) in [5.41, 5.74) is 1.32. The highest BCUT2D eigenvalue weighted by molar-refractivity contribution is 5.98. The lowest BCUT2D eigenvalue weighted by Gasteiger charge is -2.15. The highest BCUT2D eigenvalue weighted by atomic mass is 16.5. The first-order valence-electron chi connectivity index (χ1n) is 7.38. The number of amides is 1. The largest absolute Gasteiger partial charge is 0.493 e. The van der Waals surface area contributed by atoms with E-state index in [1.807, 2.05) is 35.2 Å². The number of aromatic nitrogens is 1. The van der Waals surface area contributed by atoms with Crippen molar-refractivity contribution in [2.75, 3.05) is 20.8 Å². The first kappa shape index (κ1) is 15.9. The Morgan fingerprint density at radius 2 is 1.77 bits per heavy atom. The summed E-state index contributed by atoms with van der Waals surface area (Å²) in [4.78, 5) is 12.5. The standard InChI is InChI=1S/C17H22N2O3/c1-4-5-8-18-17(20)13-11-15(21-2)16(22-3)12-14(13)19-9-6-7-10-19/h6-7,9-12H,4-5,8H2,1-3H3,(H,18,20). The Balaban J connectivity index is 2.43. The van der Waals surface area contributed by atoms with Gasteiger partial charge in [0.1, 0.15) is 0 Å². The monoisotopic (exact) mass is 302 g/mol. The first-order chi connectivity index (χ1) is 10.7. The van der Waals surface area contributed by atoms with E-state index in [2.05, 4.69) is 12.2 Å². The molecule has 5 nitrogen and oxygen atoms in total. The summed E-state index contributed by atoms with van der Waals surface area (Å²) in [5.74, 6) is 1.02. The summed E-state index contributed by atoms with van der Waals surface area (Å²) in [6, 6.07) is 7.36. The third-order valence-electron chi connectivity index (χ3n) is 3.45. The topological polar surface area (TPSA) is 52.5 Å². The van der Waals surface area contributed by atoms with Gasteiger partial charge in [-0.05, 0) is 24.6 Å². The zero-order chi connectivity index (χ0) is 15.9. The maximum Gasteiger partial charge on any atom is 0.253 e. The Labute approximate surface area is 130 Å². The van der Waals surface area contributed by atoms with E-state index in [9.17, 15) is 4.79 Å². The Kier molecular flexibility index (Phi) is 5.47. The Hall–Kier alpha value is -2.43. The van der Waals surface area contributed by atoms with Crippen LogP contribution >= 0.6 is 0 Å². The fraction of sp³-hybridized carbons (Fsp3) is 0.353. The molecule has 0 bridgehead atoms. The number of nitrogens with zero attached hydrogens (tertiary/aromatic N) is 1. The quantitative estimate of drug-likeness (QED) is 0.800. The van der Waals surface area contributed by atoms with Crippen molar-refractivity contribution in [3.8, 4) is 17.2 Å². The molecule has 0 aliphatic heterocycles. The third kappa shape index (κ3) is 3.42. The van der Waals surface area contributed by atoms with E-state index in [0.29, 0.717) is 23.6 Å². The lowest BCUT2D eigenvalue weighted by atomic mass is 10.1. The van der Waals surface area contributed by atoms with E-state index in [1.54, 1.807) is 20.3 Å². The molecule has 0 fully saturated rings. The third-order valence-corrected chi connectivity index (χ3v) is 3.45. The average molecular weight is 302 g/mol. The minimum absolute atomic E-state index is 0.113. The summed E-state index contributed by atoms with van der Waals surface area (Å²) in [5, 5.41) is 2.94. The van der Waals surface area contributed by atoms with E-state index >= 15 is 0 Å². The van der Waals surface area contributed by atoms with Gasteiger partial charge >= 0.3 is 0 Å². The van der Waals surface area contributed by atoms with Crippen molar-refractivity contribution in [1.82, 2.24) is 9.88 Å². The molecule has 1 N–H and O–H groups in total. The lowest BCUT2D eigenvalue weighted by molar-refractivity contribution is 0.0952. The molecule has 118 valence electrons. The molecule has 0 atom stereocenters. The van der Waals surface area contributed by atoms with E-state index in [1.165, 1.54) is 0 Å². The van der Waals surface area contributed by atoms with Gasteiger partial charge in [0.05, 0.1) is 25.5 Å². The highest BCUT2D eigenvalue weighted by Gasteiger charge is 2.17. The second kappa shape index (κ2) is 7.54. The number of ether oxygens (including phenoxy) is 2. The maximum atomic E-state index is 12.5. The maximum absolute atomic E-state index is 12.5. The number of carbonyl (C=O) groups excluding carboxylic acids is 1. The van der Waals surface area contributed by atoms with Gasteiger partial charge in [-0.15, -0.1) is 0 Å². The zero-order valence-electron chi connectivity index (χ0n) is 13.3. The fourth-order valence-electron chi connectivity index (χ4n) is 2.23. The number of nitrogens with one attached hydrogen (secondary N) is 1. The van der Waals surface area contributed by atoms with Crippen LogP contribution in [0.4, 0.5) is 0 Å². The molecule has 1 amide bonds. The van der Waals surface area contributed by atoms with E-state index < -0.39 is 0 Å². The highest BCUT2D eigenvalue weighted by Crippen LogP contribution is 2.32. The molecule has 1 aromatic heterocycles. The normalized spacial score (nSPS) is 10.3. The van der Waals surface area contributed by atoms with Gasteiger partial charge in [0.2, 0.25) is 0 Å². The summed E-state index contributed by atoms with van der Waals surface area (Å²) in [6.07, 6.45) is 5.78. The number of unbranched alkanes of at least 4 members (excludes halogenated alkanes) is 1. The molecule has 0 radical (unpaired) electrons. The Bertz CT molecular complexity index is 621. The molecule has 1 heterocycles. The molecule has 2 aromatic rings. The van der Waals surface area contributed by atoms with E-state index in [4.69, 9.17) is 9.47 Å². The number of rotatable bonds is 7. The van der Waals surface area contributed by atoms with Crippen LogP contribution in [-0.4, -0.2) is 31.2 Å². The van der Waals surface area contributed by atoms with Crippen LogP contribution in [0.3, 0.4) is 0 Å². The second-order valence-corrected chi connectivity index (χ2v) is 4.92. The smallest absolute Gasteiger partial charge is 0.253 e. The van der Waals surface area contributed by atoms with Crippen molar-refractivity contribution in [2.45, 2.75) is 19.8 Å². The number of carbonyl (C=O) groups is 1. The number of hydrogen-bond acceptors (Lipinski definition) is 3. The van der Waals surface area contributed by atoms with Crippen molar-refractivity contribution in [3.05, 3.63) is 42.2 Å².